The smallest absolute Gasteiger partial charge is 0.203 e. The lowest BCUT2D eigenvalue weighted by Crippen LogP contribution is -2.22. The van der Waals surface area contributed by atoms with E-state index in [0.29, 0.717) is 0 Å². The minimum atomic E-state index is -3.53. The molecule has 0 saturated heterocycles. The fourth-order valence-corrected chi connectivity index (χ4v) is 2.86. The Bertz CT molecular complexity index is 473. The van der Waals surface area contributed by atoms with Crippen molar-refractivity contribution in [2.75, 3.05) is 5.88 Å². The average molecular weight is 278 g/mol. The van der Waals surface area contributed by atoms with Gasteiger partial charge in [0.05, 0.1) is 11.4 Å². The summed E-state index contributed by atoms with van der Waals surface area (Å²) in [5.41, 5.74) is 0. The lowest BCUT2D eigenvalue weighted by molar-refractivity contribution is 0.234. The van der Waals surface area contributed by atoms with Gasteiger partial charge in [-0.15, -0.1) is 11.6 Å². The molecular weight excluding hydrogens is 262 g/mol. The summed E-state index contributed by atoms with van der Waals surface area (Å²) < 4.78 is 29.7. The van der Waals surface area contributed by atoms with Gasteiger partial charge in [-0.05, 0) is 32.9 Å². The van der Waals surface area contributed by atoms with Crippen LogP contribution >= 0.6 is 11.6 Å². The number of ether oxygens (including phenoxy) is 1. The van der Waals surface area contributed by atoms with Crippen LogP contribution < -0.4 is 4.74 Å². The molecule has 17 heavy (non-hydrogen) atoms. The lowest BCUT2D eigenvalue weighted by Gasteiger charge is -2.15. The zero-order chi connectivity index (χ0) is 13.1. The predicted octanol–water partition coefficient (Wildman–Crippen LogP) is 2.27. The number of halogens is 1. The van der Waals surface area contributed by atoms with Crippen LogP contribution in [-0.4, -0.2) is 30.6 Å². The predicted molar refractivity (Wildman–Crippen MR) is 67.4 cm³/mol. The summed E-state index contributed by atoms with van der Waals surface area (Å²) in [5.74, 6) is 0.305. The van der Waals surface area contributed by atoms with Crippen LogP contribution in [0, 0.1) is 0 Å². The largest absolute Gasteiger partial charge is 0.488 e. The molecule has 1 unspecified atom stereocenters. The Morgan fingerprint density at radius 3 is 2.59 bits per heavy atom. The molecule has 0 fully saturated rings. The molecule has 0 saturated carbocycles. The van der Waals surface area contributed by atoms with Crippen LogP contribution in [0.25, 0.3) is 0 Å². The van der Waals surface area contributed by atoms with Crippen molar-refractivity contribution in [1.29, 1.82) is 0 Å². The minimum Gasteiger partial charge on any atom is -0.488 e. The number of aromatic nitrogens is 1. The number of hydrogen-bond donors (Lipinski definition) is 0. The Morgan fingerprint density at radius 1 is 1.41 bits per heavy atom. The second kappa shape index (κ2) is 5.69. The first-order chi connectivity index (χ1) is 7.89. The highest BCUT2D eigenvalue weighted by atomic mass is 35.5. The van der Waals surface area contributed by atoms with Gasteiger partial charge in [-0.1, -0.05) is 0 Å². The third-order valence-corrected chi connectivity index (χ3v) is 4.83. The molecule has 1 atom stereocenters. The molecule has 0 aliphatic heterocycles. The van der Waals surface area contributed by atoms with E-state index in [9.17, 15) is 8.42 Å². The summed E-state index contributed by atoms with van der Waals surface area (Å²) >= 11 is 5.60. The Labute approximate surface area is 107 Å². The molecule has 0 aromatic carbocycles. The Hall–Kier alpha value is -0.810. The quantitative estimate of drug-likeness (QED) is 0.775. The molecule has 0 N–H and O–H groups in total. The van der Waals surface area contributed by atoms with Crippen LogP contribution in [0.4, 0.5) is 0 Å². The van der Waals surface area contributed by atoms with Crippen molar-refractivity contribution in [3.63, 3.8) is 0 Å². The minimum absolute atomic E-state index is 0.0278. The first-order valence-electron chi connectivity index (χ1n) is 5.31. The van der Waals surface area contributed by atoms with Crippen molar-refractivity contribution < 1.29 is 13.2 Å². The summed E-state index contributed by atoms with van der Waals surface area (Å²) in [6, 6.07) is 3.24. The van der Waals surface area contributed by atoms with Gasteiger partial charge in [0.15, 0.2) is 10.8 Å². The number of alkyl halides is 1. The van der Waals surface area contributed by atoms with Crippen LogP contribution in [0.2, 0.25) is 0 Å². The van der Waals surface area contributed by atoms with E-state index in [4.69, 9.17) is 16.3 Å². The maximum absolute atomic E-state index is 12.1. The first-order valence-corrected chi connectivity index (χ1v) is 7.39. The van der Waals surface area contributed by atoms with E-state index in [-0.39, 0.29) is 22.8 Å². The molecule has 0 spiro atoms. The molecule has 0 amide bonds. The summed E-state index contributed by atoms with van der Waals surface area (Å²) in [7, 11) is -3.53. The monoisotopic (exact) mass is 277 g/mol. The van der Waals surface area contributed by atoms with E-state index in [1.54, 1.807) is 19.1 Å². The zero-order valence-corrected chi connectivity index (χ0v) is 11.6. The topological polar surface area (TPSA) is 56.3 Å². The van der Waals surface area contributed by atoms with Crippen molar-refractivity contribution in [2.45, 2.75) is 37.2 Å². The van der Waals surface area contributed by atoms with Crippen molar-refractivity contribution >= 4 is 21.4 Å². The molecule has 4 nitrogen and oxygen atoms in total. The van der Waals surface area contributed by atoms with E-state index < -0.39 is 15.1 Å². The summed E-state index contributed by atoms with van der Waals surface area (Å²) in [6.45, 7) is 5.21. The average Bonchev–Trinajstić information content (AvgIpc) is 2.27. The fourth-order valence-electron chi connectivity index (χ4n) is 1.21. The molecule has 6 heteroatoms. The Balaban J connectivity index is 3.22. The van der Waals surface area contributed by atoms with Crippen LogP contribution in [0.1, 0.15) is 20.8 Å². The number of sulfone groups is 1. The second-order valence-corrected chi connectivity index (χ2v) is 6.57. The first kappa shape index (κ1) is 14.3. The highest BCUT2D eigenvalue weighted by molar-refractivity contribution is 7.92. The normalized spacial score (nSPS) is 13.7. The van der Waals surface area contributed by atoms with Gasteiger partial charge in [-0.2, -0.15) is 0 Å². The Kier molecular flexibility index (Phi) is 4.77. The highest BCUT2D eigenvalue weighted by Gasteiger charge is 2.27. The Morgan fingerprint density at radius 2 is 2.06 bits per heavy atom. The summed E-state index contributed by atoms with van der Waals surface area (Å²) in [5, 5.41) is -0.726. The van der Waals surface area contributed by atoms with E-state index in [1.807, 2.05) is 13.8 Å². The van der Waals surface area contributed by atoms with Gasteiger partial charge in [0, 0.05) is 12.1 Å². The molecule has 1 aromatic rings. The third-order valence-electron chi connectivity index (χ3n) is 2.12. The number of nitrogens with zero attached hydrogens (tertiary/aromatic N) is 1. The molecule has 0 bridgehead atoms. The van der Waals surface area contributed by atoms with Gasteiger partial charge in [-0.3, -0.25) is 0 Å². The van der Waals surface area contributed by atoms with E-state index in [0.717, 1.165) is 0 Å². The molecule has 96 valence electrons. The van der Waals surface area contributed by atoms with Gasteiger partial charge in [0.25, 0.3) is 0 Å². The van der Waals surface area contributed by atoms with E-state index >= 15 is 0 Å². The van der Waals surface area contributed by atoms with Gasteiger partial charge >= 0.3 is 0 Å². The second-order valence-electron chi connectivity index (χ2n) is 3.98. The molecule has 0 radical (unpaired) electrons. The van der Waals surface area contributed by atoms with Crippen LogP contribution in [0.3, 0.4) is 0 Å². The fraction of sp³-hybridized carbons (Fsp3) is 0.545. The van der Waals surface area contributed by atoms with Crippen LogP contribution in [0.15, 0.2) is 23.4 Å². The van der Waals surface area contributed by atoms with E-state index in [2.05, 4.69) is 4.98 Å². The molecule has 0 aliphatic carbocycles. The lowest BCUT2D eigenvalue weighted by atomic mass is 10.4. The molecular formula is C11H16ClNO3S. The highest BCUT2D eigenvalue weighted by Crippen LogP contribution is 2.25. The standard InChI is InChI=1S/C11H16ClNO3S/c1-8(2)16-10-5-4-6-13-11(10)17(14,15)9(3)7-12/h4-6,8-9H,7H2,1-3H3. The third kappa shape index (κ3) is 3.33. The molecule has 1 aromatic heterocycles. The van der Waals surface area contributed by atoms with Gasteiger partial charge < -0.3 is 4.74 Å². The molecule has 1 heterocycles. The van der Waals surface area contributed by atoms with Crippen molar-refractivity contribution in [2.24, 2.45) is 0 Å². The summed E-state index contributed by atoms with van der Waals surface area (Å²) in [4.78, 5) is 3.90. The number of rotatable bonds is 5. The molecule has 1 rings (SSSR count). The maximum atomic E-state index is 12.1. The van der Waals surface area contributed by atoms with Gasteiger partial charge in [0.1, 0.15) is 0 Å². The van der Waals surface area contributed by atoms with Crippen molar-refractivity contribution in [1.82, 2.24) is 4.98 Å². The van der Waals surface area contributed by atoms with Crippen LogP contribution in [-0.2, 0) is 9.84 Å². The van der Waals surface area contributed by atoms with Gasteiger partial charge in [-0.25, -0.2) is 13.4 Å². The number of hydrogen-bond acceptors (Lipinski definition) is 4. The number of pyridine rings is 1. The van der Waals surface area contributed by atoms with Crippen LogP contribution in [0.5, 0.6) is 5.75 Å². The van der Waals surface area contributed by atoms with Gasteiger partial charge in [0.2, 0.25) is 9.84 Å². The SMILES string of the molecule is CC(C)Oc1cccnc1S(=O)(=O)C(C)CCl. The maximum Gasteiger partial charge on any atom is 0.203 e. The van der Waals surface area contributed by atoms with Crippen molar-refractivity contribution in [3.8, 4) is 5.75 Å². The zero-order valence-electron chi connectivity index (χ0n) is 10.1. The van der Waals surface area contributed by atoms with Crippen molar-refractivity contribution in [3.05, 3.63) is 18.3 Å². The summed E-state index contributed by atoms with van der Waals surface area (Å²) in [6.07, 6.45) is 1.32. The van der Waals surface area contributed by atoms with E-state index in [1.165, 1.54) is 6.20 Å². The molecule has 0 aliphatic rings.